The van der Waals surface area contributed by atoms with E-state index in [1.807, 2.05) is 13.8 Å². The second-order valence-corrected chi connectivity index (χ2v) is 5.99. The van der Waals surface area contributed by atoms with Gasteiger partial charge in [-0.05, 0) is 12.1 Å². The molecule has 0 saturated heterocycles. The molecule has 0 aliphatic rings. The van der Waals surface area contributed by atoms with Crippen molar-refractivity contribution in [1.29, 1.82) is 0 Å². The lowest BCUT2D eigenvalue weighted by Gasteiger charge is -2.05. The van der Waals surface area contributed by atoms with E-state index in [1.54, 1.807) is 12.1 Å². The molecule has 0 bridgehead atoms. The van der Waals surface area contributed by atoms with Gasteiger partial charge in [-0.2, -0.15) is 0 Å². The number of hydrogen-bond donors (Lipinski definition) is 0. The van der Waals surface area contributed by atoms with Crippen LogP contribution in [0.2, 0.25) is 10.0 Å². The summed E-state index contributed by atoms with van der Waals surface area (Å²) in [5.74, 6) is 1.01. The monoisotopic (exact) mass is 338 g/mol. The zero-order valence-electron chi connectivity index (χ0n) is 11.9. The van der Waals surface area contributed by atoms with Crippen LogP contribution < -0.4 is 5.56 Å². The van der Waals surface area contributed by atoms with Gasteiger partial charge in [0, 0.05) is 10.9 Å². The Morgan fingerprint density at radius 3 is 2.73 bits per heavy atom. The van der Waals surface area contributed by atoms with Crippen LogP contribution in [0.4, 0.5) is 0 Å². The number of fused-ring (bicyclic) bond motifs is 1. The summed E-state index contributed by atoms with van der Waals surface area (Å²) >= 11 is 12.0. The third-order valence-electron chi connectivity index (χ3n) is 3.13. The van der Waals surface area contributed by atoms with Crippen LogP contribution in [0.1, 0.15) is 31.5 Å². The van der Waals surface area contributed by atoms with Crippen LogP contribution in [0.25, 0.3) is 10.9 Å². The average molecular weight is 339 g/mol. The predicted octanol–water partition coefficient (Wildman–Crippen LogP) is 3.26. The maximum absolute atomic E-state index is 12.5. The van der Waals surface area contributed by atoms with Crippen molar-refractivity contribution in [2.75, 3.05) is 0 Å². The highest BCUT2D eigenvalue weighted by molar-refractivity contribution is 6.38. The fourth-order valence-electron chi connectivity index (χ4n) is 2.02. The quantitative estimate of drug-likeness (QED) is 0.732. The Morgan fingerprint density at radius 2 is 2.05 bits per heavy atom. The van der Waals surface area contributed by atoms with Crippen LogP contribution in [0.3, 0.4) is 0 Å². The summed E-state index contributed by atoms with van der Waals surface area (Å²) in [6.45, 7) is 4.04. The minimum atomic E-state index is -0.265. The number of aromatic nitrogens is 4. The Balaban J connectivity index is 2.04. The van der Waals surface area contributed by atoms with Crippen molar-refractivity contribution in [2.45, 2.75) is 26.3 Å². The van der Waals surface area contributed by atoms with Gasteiger partial charge in [-0.25, -0.2) is 4.98 Å². The average Bonchev–Trinajstić information content (AvgIpc) is 2.91. The molecule has 0 amide bonds. The highest BCUT2D eigenvalue weighted by Crippen LogP contribution is 2.24. The summed E-state index contributed by atoms with van der Waals surface area (Å²) in [7, 11) is 0. The van der Waals surface area contributed by atoms with Gasteiger partial charge in [0.1, 0.15) is 6.54 Å². The van der Waals surface area contributed by atoms with Crippen molar-refractivity contribution >= 4 is 34.1 Å². The lowest BCUT2D eigenvalue weighted by molar-refractivity contribution is 0.420. The van der Waals surface area contributed by atoms with Crippen LogP contribution in [-0.2, 0) is 6.54 Å². The summed E-state index contributed by atoms with van der Waals surface area (Å²) in [6.07, 6.45) is 1.41. The summed E-state index contributed by atoms with van der Waals surface area (Å²) in [6, 6.07) is 3.09. The SMILES string of the molecule is CC(C)c1nnc(Cn2cnc3c(Cl)cc(Cl)cc3c2=O)o1. The molecule has 0 N–H and O–H groups in total. The Labute approximate surface area is 135 Å². The molecule has 3 rings (SSSR count). The van der Waals surface area contributed by atoms with E-state index in [1.165, 1.54) is 10.9 Å². The fraction of sp³-hybridized carbons (Fsp3) is 0.286. The second kappa shape index (κ2) is 5.70. The van der Waals surface area contributed by atoms with E-state index in [2.05, 4.69) is 15.2 Å². The first-order valence-electron chi connectivity index (χ1n) is 6.62. The summed E-state index contributed by atoms with van der Waals surface area (Å²) in [5, 5.41) is 8.94. The molecule has 0 spiro atoms. The molecule has 22 heavy (non-hydrogen) atoms. The molecule has 6 nitrogen and oxygen atoms in total. The summed E-state index contributed by atoms with van der Waals surface area (Å²) < 4.78 is 6.88. The molecule has 0 saturated carbocycles. The second-order valence-electron chi connectivity index (χ2n) is 5.15. The molecular weight excluding hydrogens is 327 g/mol. The van der Waals surface area contributed by atoms with Gasteiger partial charge in [0.05, 0.1) is 22.3 Å². The minimum absolute atomic E-state index is 0.130. The molecule has 3 aromatic rings. The molecule has 2 aromatic heterocycles. The first-order valence-corrected chi connectivity index (χ1v) is 7.37. The van der Waals surface area contributed by atoms with Gasteiger partial charge in [-0.15, -0.1) is 10.2 Å². The predicted molar refractivity (Wildman–Crippen MR) is 83.5 cm³/mol. The van der Waals surface area contributed by atoms with Crippen LogP contribution in [-0.4, -0.2) is 19.7 Å². The highest BCUT2D eigenvalue weighted by Gasteiger charge is 2.13. The van der Waals surface area contributed by atoms with E-state index in [0.717, 1.165) is 0 Å². The molecule has 0 fully saturated rings. The van der Waals surface area contributed by atoms with E-state index in [4.69, 9.17) is 27.6 Å². The van der Waals surface area contributed by atoms with Crippen molar-refractivity contribution in [3.05, 3.63) is 50.6 Å². The van der Waals surface area contributed by atoms with Crippen LogP contribution in [0.15, 0.2) is 27.7 Å². The molecule has 0 unspecified atom stereocenters. The van der Waals surface area contributed by atoms with Gasteiger partial charge in [0.15, 0.2) is 0 Å². The minimum Gasteiger partial charge on any atom is -0.423 e. The third-order valence-corrected chi connectivity index (χ3v) is 3.63. The Kier molecular flexibility index (Phi) is 3.88. The maximum atomic E-state index is 12.5. The third kappa shape index (κ3) is 2.71. The lowest BCUT2D eigenvalue weighted by Crippen LogP contribution is -2.21. The van der Waals surface area contributed by atoms with Crippen LogP contribution >= 0.6 is 23.2 Å². The largest absolute Gasteiger partial charge is 0.423 e. The molecule has 1 aromatic carbocycles. The van der Waals surface area contributed by atoms with Crippen molar-refractivity contribution in [3.8, 4) is 0 Å². The first kappa shape index (κ1) is 15.0. The van der Waals surface area contributed by atoms with E-state index >= 15 is 0 Å². The number of rotatable bonds is 3. The van der Waals surface area contributed by atoms with Crippen LogP contribution in [0, 0.1) is 0 Å². The Bertz CT molecular complexity index is 901. The molecule has 0 atom stereocenters. The van der Waals surface area contributed by atoms with Crippen molar-refractivity contribution in [1.82, 2.24) is 19.7 Å². The van der Waals surface area contributed by atoms with E-state index in [9.17, 15) is 4.79 Å². The van der Waals surface area contributed by atoms with Gasteiger partial charge in [0.2, 0.25) is 11.8 Å². The summed E-state index contributed by atoms with van der Waals surface area (Å²) in [5.41, 5.74) is 0.152. The number of hydrogen-bond acceptors (Lipinski definition) is 5. The Hall–Kier alpha value is -1.92. The van der Waals surface area contributed by atoms with Crippen molar-refractivity contribution in [3.63, 3.8) is 0 Å². The van der Waals surface area contributed by atoms with Gasteiger partial charge < -0.3 is 4.42 Å². The lowest BCUT2D eigenvalue weighted by atomic mass is 10.2. The zero-order valence-corrected chi connectivity index (χ0v) is 13.4. The highest BCUT2D eigenvalue weighted by atomic mass is 35.5. The molecular formula is C14H12Cl2N4O2. The van der Waals surface area contributed by atoms with Gasteiger partial charge in [-0.3, -0.25) is 9.36 Å². The van der Waals surface area contributed by atoms with Crippen molar-refractivity contribution < 1.29 is 4.42 Å². The fourth-order valence-corrected chi connectivity index (χ4v) is 2.56. The van der Waals surface area contributed by atoms with E-state index in [0.29, 0.717) is 32.7 Å². The van der Waals surface area contributed by atoms with E-state index in [-0.39, 0.29) is 18.0 Å². The van der Waals surface area contributed by atoms with E-state index < -0.39 is 0 Å². The molecule has 0 aliphatic heterocycles. The molecule has 2 heterocycles. The smallest absolute Gasteiger partial charge is 0.261 e. The Morgan fingerprint density at radius 1 is 1.27 bits per heavy atom. The molecule has 0 aliphatic carbocycles. The number of benzene rings is 1. The normalized spacial score (nSPS) is 11.5. The van der Waals surface area contributed by atoms with Crippen LogP contribution in [0.5, 0.6) is 0 Å². The zero-order chi connectivity index (χ0) is 15.9. The molecule has 114 valence electrons. The van der Waals surface area contributed by atoms with Gasteiger partial charge in [0.25, 0.3) is 5.56 Å². The number of nitrogens with zero attached hydrogens (tertiary/aromatic N) is 4. The molecule has 8 heteroatoms. The van der Waals surface area contributed by atoms with Gasteiger partial charge in [-0.1, -0.05) is 37.0 Å². The standard InChI is InChI=1S/C14H12Cl2N4O2/c1-7(2)13-19-18-11(22-13)5-20-6-17-12-9(14(20)21)3-8(15)4-10(12)16/h3-4,6-7H,5H2,1-2H3. The first-order chi connectivity index (χ1) is 10.5. The molecule has 0 radical (unpaired) electrons. The van der Waals surface area contributed by atoms with Gasteiger partial charge >= 0.3 is 0 Å². The maximum Gasteiger partial charge on any atom is 0.261 e. The topological polar surface area (TPSA) is 73.8 Å². The number of halogens is 2. The van der Waals surface area contributed by atoms with Crippen molar-refractivity contribution in [2.24, 2.45) is 0 Å². The summed E-state index contributed by atoms with van der Waals surface area (Å²) in [4.78, 5) is 16.7.